The number of hydrogen-bond donors (Lipinski definition) is 2. The Bertz CT molecular complexity index is 704. The molecule has 8 heteroatoms. The molecule has 3 rings (SSSR count). The topological polar surface area (TPSA) is 94.5 Å². The molecule has 0 aliphatic carbocycles. The van der Waals surface area contributed by atoms with Crippen LogP contribution in [0.5, 0.6) is 0 Å². The summed E-state index contributed by atoms with van der Waals surface area (Å²) in [4.78, 5) is 8.18. The Balaban J connectivity index is 1.84. The molecular formula is C12H13N7S. The van der Waals surface area contributed by atoms with E-state index in [2.05, 4.69) is 24.8 Å². The first-order valence-corrected chi connectivity index (χ1v) is 6.75. The maximum Gasteiger partial charge on any atom is 0.169 e. The molecule has 0 radical (unpaired) electrons. The first-order chi connectivity index (χ1) is 9.74. The lowest BCUT2D eigenvalue weighted by molar-refractivity contribution is 0.747. The van der Waals surface area contributed by atoms with E-state index in [1.807, 2.05) is 19.2 Å². The average molecular weight is 287 g/mol. The van der Waals surface area contributed by atoms with Crippen molar-refractivity contribution in [3.8, 4) is 11.1 Å². The van der Waals surface area contributed by atoms with Crippen molar-refractivity contribution in [1.82, 2.24) is 24.1 Å². The first kappa shape index (κ1) is 12.5. The fourth-order valence-corrected chi connectivity index (χ4v) is 2.58. The molecule has 3 heterocycles. The highest BCUT2D eigenvalue weighted by Crippen LogP contribution is 2.36. The number of nitrogens with one attached hydrogen (secondary N) is 1. The van der Waals surface area contributed by atoms with Crippen LogP contribution in [0.15, 0.2) is 30.9 Å². The van der Waals surface area contributed by atoms with Crippen molar-refractivity contribution in [2.45, 2.75) is 6.54 Å². The van der Waals surface area contributed by atoms with E-state index in [0.717, 1.165) is 22.0 Å². The number of pyridine rings is 1. The first-order valence-electron chi connectivity index (χ1n) is 5.98. The van der Waals surface area contributed by atoms with E-state index in [0.29, 0.717) is 12.4 Å². The fraction of sp³-hybridized carbons (Fsp3) is 0.167. The van der Waals surface area contributed by atoms with Crippen LogP contribution in [0, 0.1) is 0 Å². The number of hydrogen-bond acceptors (Lipinski definition) is 7. The second kappa shape index (κ2) is 5.25. The van der Waals surface area contributed by atoms with Gasteiger partial charge in [-0.25, -0.2) is 4.98 Å². The molecule has 102 valence electrons. The van der Waals surface area contributed by atoms with E-state index in [1.165, 1.54) is 11.5 Å². The summed E-state index contributed by atoms with van der Waals surface area (Å²) in [5, 5.41) is 8.40. The summed E-state index contributed by atoms with van der Waals surface area (Å²) in [6.07, 6.45) is 5.13. The van der Waals surface area contributed by atoms with Crippen molar-refractivity contribution >= 4 is 22.4 Å². The molecule has 0 atom stereocenters. The minimum atomic E-state index is 0.512. The number of nitrogens with zero attached hydrogens (tertiary/aromatic N) is 5. The highest BCUT2D eigenvalue weighted by Gasteiger charge is 2.13. The molecule has 0 amide bonds. The van der Waals surface area contributed by atoms with Gasteiger partial charge in [0.15, 0.2) is 5.82 Å². The van der Waals surface area contributed by atoms with E-state index in [4.69, 9.17) is 5.73 Å². The number of aromatic nitrogens is 5. The molecular weight excluding hydrogens is 274 g/mol. The Hall–Kier alpha value is -2.48. The van der Waals surface area contributed by atoms with Gasteiger partial charge in [0.2, 0.25) is 0 Å². The molecule has 20 heavy (non-hydrogen) atoms. The molecule has 0 aromatic carbocycles. The van der Waals surface area contributed by atoms with Gasteiger partial charge < -0.3 is 11.1 Å². The SMILES string of the molecule is Cn1cnc(CNc2snc(N)c2-c2ccncc2)n1. The van der Waals surface area contributed by atoms with Crippen LogP contribution in [-0.2, 0) is 13.6 Å². The van der Waals surface area contributed by atoms with Crippen molar-refractivity contribution in [3.05, 3.63) is 36.7 Å². The lowest BCUT2D eigenvalue weighted by Gasteiger charge is -2.05. The van der Waals surface area contributed by atoms with Crippen molar-refractivity contribution in [2.75, 3.05) is 11.1 Å². The minimum absolute atomic E-state index is 0.512. The molecule has 0 saturated heterocycles. The third kappa shape index (κ3) is 2.45. The second-order valence-electron chi connectivity index (χ2n) is 4.20. The maximum atomic E-state index is 5.95. The predicted molar refractivity (Wildman–Crippen MR) is 78.1 cm³/mol. The molecule has 0 bridgehead atoms. The van der Waals surface area contributed by atoms with Crippen molar-refractivity contribution in [3.63, 3.8) is 0 Å². The summed E-state index contributed by atoms with van der Waals surface area (Å²) in [5.41, 5.74) is 7.84. The zero-order chi connectivity index (χ0) is 13.9. The van der Waals surface area contributed by atoms with Gasteiger partial charge in [-0.3, -0.25) is 9.67 Å². The van der Waals surface area contributed by atoms with E-state index in [-0.39, 0.29) is 0 Å². The number of aryl methyl sites for hydroxylation is 1. The molecule has 7 nitrogen and oxygen atoms in total. The number of nitrogen functional groups attached to an aromatic ring is 1. The molecule has 0 aliphatic heterocycles. The average Bonchev–Trinajstić information content (AvgIpc) is 3.03. The van der Waals surface area contributed by atoms with Crippen LogP contribution >= 0.6 is 11.5 Å². The molecule has 0 fully saturated rings. The third-order valence-corrected chi connectivity index (χ3v) is 3.56. The Labute approximate surface area is 119 Å². The Morgan fingerprint density at radius 1 is 1.35 bits per heavy atom. The van der Waals surface area contributed by atoms with Gasteiger partial charge >= 0.3 is 0 Å². The third-order valence-electron chi connectivity index (χ3n) is 2.74. The normalized spacial score (nSPS) is 10.7. The van der Waals surface area contributed by atoms with Crippen LogP contribution < -0.4 is 11.1 Å². The lowest BCUT2D eigenvalue weighted by atomic mass is 10.1. The van der Waals surface area contributed by atoms with Gasteiger partial charge in [0.25, 0.3) is 0 Å². The van der Waals surface area contributed by atoms with Gasteiger partial charge in [0.05, 0.1) is 12.1 Å². The zero-order valence-electron chi connectivity index (χ0n) is 10.8. The van der Waals surface area contributed by atoms with Gasteiger partial charge in [-0.15, -0.1) is 0 Å². The van der Waals surface area contributed by atoms with Crippen LogP contribution in [0.1, 0.15) is 5.82 Å². The number of nitrogens with two attached hydrogens (primary N) is 1. The molecule has 0 unspecified atom stereocenters. The molecule has 0 aliphatic rings. The van der Waals surface area contributed by atoms with E-state index in [1.54, 1.807) is 23.4 Å². The molecule has 3 aromatic heterocycles. The maximum absolute atomic E-state index is 5.95. The van der Waals surface area contributed by atoms with Crippen LogP contribution in [0.25, 0.3) is 11.1 Å². The summed E-state index contributed by atoms with van der Waals surface area (Å²) in [7, 11) is 1.84. The van der Waals surface area contributed by atoms with Gasteiger partial charge in [0, 0.05) is 19.4 Å². The highest BCUT2D eigenvalue weighted by atomic mass is 32.1. The largest absolute Gasteiger partial charge is 0.382 e. The highest BCUT2D eigenvalue weighted by molar-refractivity contribution is 7.11. The molecule has 3 N–H and O–H groups in total. The zero-order valence-corrected chi connectivity index (χ0v) is 11.6. The lowest BCUT2D eigenvalue weighted by Crippen LogP contribution is -2.02. The Morgan fingerprint density at radius 3 is 2.85 bits per heavy atom. The van der Waals surface area contributed by atoms with Crippen LogP contribution in [-0.4, -0.2) is 24.1 Å². The van der Waals surface area contributed by atoms with E-state index in [9.17, 15) is 0 Å². The van der Waals surface area contributed by atoms with E-state index < -0.39 is 0 Å². The standard InChI is InChI=1S/C12H13N7S/c1-19-7-16-9(17-19)6-15-12-10(11(13)18-20-12)8-2-4-14-5-3-8/h2-5,7,15H,6H2,1H3,(H2,13,18). The van der Waals surface area contributed by atoms with Crippen molar-refractivity contribution < 1.29 is 0 Å². The number of anilines is 2. The van der Waals surface area contributed by atoms with Crippen LogP contribution in [0.2, 0.25) is 0 Å². The molecule has 0 spiro atoms. The summed E-state index contributed by atoms with van der Waals surface area (Å²) in [6.45, 7) is 0.528. The van der Waals surface area contributed by atoms with Gasteiger partial charge in [-0.1, -0.05) is 0 Å². The monoisotopic (exact) mass is 287 g/mol. The van der Waals surface area contributed by atoms with Crippen LogP contribution in [0.4, 0.5) is 10.8 Å². The summed E-state index contributed by atoms with van der Waals surface area (Å²) in [5.74, 6) is 1.23. The summed E-state index contributed by atoms with van der Waals surface area (Å²) >= 11 is 1.33. The smallest absolute Gasteiger partial charge is 0.169 e. The predicted octanol–water partition coefficient (Wildman–Crippen LogP) is 1.53. The quantitative estimate of drug-likeness (QED) is 0.755. The molecule has 0 saturated carbocycles. The van der Waals surface area contributed by atoms with Crippen molar-refractivity contribution in [2.24, 2.45) is 7.05 Å². The van der Waals surface area contributed by atoms with Crippen LogP contribution in [0.3, 0.4) is 0 Å². The fourth-order valence-electron chi connectivity index (χ4n) is 1.84. The number of rotatable bonds is 4. The van der Waals surface area contributed by atoms with Gasteiger partial charge in [-0.05, 0) is 29.2 Å². The Kier molecular flexibility index (Phi) is 3.30. The van der Waals surface area contributed by atoms with Gasteiger partial charge in [0.1, 0.15) is 17.1 Å². The van der Waals surface area contributed by atoms with Crippen molar-refractivity contribution in [1.29, 1.82) is 0 Å². The minimum Gasteiger partial charge on any atom is -0.382 e. The molecule has 3 aromatic rings. The Morgan fingerprint density at radius 2 is 2.15 bits per heavy atom. The summed E-state index contributed by atoms with van der Waals surface area (Å²) in [6, 6.07) is 3.81. The van der Waals surface area contributed by atoms with Gasteiger partial charge in [-0.2, -0.15) is 9.47 Å². The summed E-state index contributed by atoms with van der Waals surface area (Å²) < 4.78 is 5.87. The van der Waals surface area contributed by atoms with E-state index >= 15 is 0 Å². The second-order valence-corrected chi connectivity index (χ2v) is 4.97.